The van der Waals surface area contributed by atoms with E-state index in [2.05, 4.69) is 29.8 Å². The van der Waals surface area contributed by atoms with Gasteiger partial charge in [0.15, 0.2) is 11.5 Å². The summed E-state index contributed by atoms with van der Waals surface area (Å²) in [4.78, 5) is 0. The number of hydrogen-bond acceptors (Lipinski definition) is 3. The van der Waals surface area contributed by atoms with Gasteiger partial charge in [-0.3, -0.25) is 0 Å². The summed E-state index contributed by atoms with van der Waals surface area (Å²) in [5, 5.41) is 10.3. The highest BCUT2D eigenvalue weighted by molar-refractivity contribution is 9.10. The lowest BCUT2D eigenvalue weighted by Crippen LogP contribution is -2.02. The molecule has 1 N–H and O–H groups in total. The van der Waals surface area contributed by atoms with Gasteiger partial charge >= 0.3 is 0 Å². The Labute approximate surface area is 123 Å². The van der Waals surface area contributed by atoms with E-state index in [9.17, 15) is 5.11 Å². The minimum atomic E-state index is -0.464. The second kappa shape index (κ2) is 6.62. The molecule has 0 spiro atoms. The van der Waals surface area contributed by atoms with Gasteiger partial charge in [0.1, 0.15) is 0 Å². The van der Waals surface area contributed by atoms with Crippen LogP contribution in [-0.4, -0.2) is 18.3 Å². The van der Waals surface area contributed by atoms with Crippen LogP contribution in [-0.2, 0) is 0 Å². The first-order valence-electron chi connectivity index (χ1n) is 6.85. The molecule has 3 nitrogen and oxygen atoms in total. The van der Waals surface area contributed by atoms with E-state index in [0.717, 1.165) is 40.8 Å². The third-order valence-corrected chi connectivity index (χ3v) is 3.93. The number of fused-ring (bicyclic) bond motifs is 1. The number of ether oxygens (including phenoxy) is 2. The SMILES string of the molecule is CC(C)CCC(O)c1cc2c(cc1Br)OCCCO2. The van der Waals surface area contributed by atoms with E-state index in [0.29, 0.717) is 19.1 Å². The van der Waals surface area contributed by atoms with Crippen molar-refractivity contribution in [3.63, 3.8) is 0 Å². The number of aliphatic hydroxyl groups excluding tert-OH is 1. The van der Waals surface area contributed by atoms with Gasteiger partial charge in [-0.05, 0) is 36.5 Å². The zero-order valence-electron chi connectivity index (χ0n) is 11.5. The van der Waals surface area contributed by atoms with Gasteiger partial charge in [-0.2, -0.15) is 0 Å². The smallest absolute Gasteiger partial charge is 0.162 e. The molecule has 0 radical (unpaired) electrons. The average molecular weight is 329 g/mol. The fourth-order valence-electron chi connectivity index (χ4n) is 2.10. The Balaban J connectivity index is 2.18. The van der Waals surface area contributed by atoms with Gasteiger partial charge in [-0.15, -0.1) is 0 Å². The average Bonchev–Trinajstić information content (AvgIpc) is 2.59. The van der Waals surface area contributed by atoms with E-state index in [1.54, 1.807) is 0 Å². The Morgan fingerprint density at radius 1 is 1.16 bits per heavy atom. The highest BCUT2D eigenvalue weighted by Gasteiger charge is 2.18. The van der Waals surface area contributed by atoms with Crippen LogP contribution in [0.25, 0.3) is 0 Å². The van der Waals surface area contributed by atoms with Crippen LogP contribution >= 0.6 is 15.9 Å². The number of rotatable bonds is 4. The molecular weight excluding hydrogens is 308 g/mol. The van der Waals surface area contributed by atoms with Crippen molar-refractivity contribution < 1.29 is 14.6 Å². The van der Waals surface area contributed by atoms with E-state index in [1.165, 1.54) is 0 Å². The Kier molecular flexibility index (Phi) is 5.11. The van der Waals surface area contributed by atoms with Crippen LogP contribution in [0.2, 0.25) is 0 Å². The van der Waals surface area contributed by atoms with Crippen molar-refractivity contribution >= 4 is 15.9 Å². The molecule has 0 aliphatic carbocycles. The lowest BCUT2D eigenvalue weighted by atomic mass is 9.99. The Bertz CT molecular complexity index is 432. The Morgan fingerprint density at radius 3 is 2.42 bits per heavy atom. The monoisotopic (exact) mass is 328 g/mol. The highest BCUT2D eigenvalue weighted by atomic mass is 79.9. The molecule has 1 aliphatic rings. The molecule has 0 amide bonds. The Hall–Kier alpha value is -0.740. The summed E-state index contributed by atoms with van der Waals surface area (Å²) in [6, 6.07) is 3.80. The van der Waals surface area contributed by atoms with Crippen molar-refractivity contribution in [3.8, 4) is 11.5 Å². The molecule has 1 unspecified atom stereocenters. The molecule has 0 aromatic heterocycles. The lowest BCUT2D eigenvalue weighted by Gasteiger charge is -2.17. The predicted octanol–water partition coefficient (Wildman–Crippen LogP) is 4.08. The van der Waals surface area contributed by atoms with Gasteiger partial charge in [0, 0.05) is 10.9 Å². The summed E-state index contributed by atoms with van der Waals surface area (Å²) in [6.07, 6.45) is 2.18. The molecule has 0 bridgehead atoms. The minimum Gasteiger partial charge on any atom is -0.490 e. The fraction of sp³-hybridized carbons (Fsp3) is 0.600. The summed E-state index contributed by atoms with van der Waals surface area (Å²) in [5.41, 5.74) is 0.880. The number of aliphatic hydroxyl groups is 1. The lowest BCUT2D eigenvalue weighted by molar-refractivity contribution is 0.158. The topological polar surface area (TPSA) is 38.7 Å². The molecule has 4 heteroatoms. The second-order valence-electron chi connectivity index (χ2n) is 5.36. The van der Waals surface area contributed by atoms with Crippen LogP contribution in [0.3, 0.4) is 0 Å². The van der Waals surface area contributed by atoms with Crippen LogP contribution in [0.5, 0.6) is 11.5 Å². The molecule has 2 rings (SSSR count). The predicted molar refractivity (Wildman–Crippen MR) is 78.8 cm³/mol. The van der Waals surface area contributed by atoms with E-state index in [-0.39, 0.29) is 0 Å². The first-order valence-corrected chi connectivity index (χ1v) is 7.64. The molecule has 1 aliphatic heterocycles. The van der Waals surface area contributed by atoms with Crippen LogP contribution in [0.1, 0.15) is 44.8 Å². The molecule has 0 saturated carbocycles. The molecule has 106 valence electrons. The maximum absolute atomic E-state index is 10.3. The first kappa shape index (κ1) is 14.7. The van der Waals surface area contributed by atoms with Gasteiger partial charge in [0.25, 0.3) is 0 Å². The van der Waals surface area contributed by atoms with E-state index >= 15 is 0 Å². The van der Waals surface area contributed by atoms with Gasteiger partial charge in [-0.25, -0.2) is 0 Å². The van der Waals surface area contributed by atoms with Crippen molar-refractivity contribution in [2.75, 3.05) is 13.2 Å². The van der Waals surface area contributed by atoms with Crippen molar-refractivity contribution in [2.24, 2.45) is 5.92 Å². The van der Waals surface area contributed by atoms with E-state index in [1.807, 2.05) is 12.1 Å². The summed E-state index contributed by atoms with van der Waals surface area (Å²) < 4.78 is 12.2. The summed E-state index contributed by atoms with van der Waals surface area (Å²) in [7, 11) is 0. The maximum Gasteiger partial charge on any atom is 0.162 e. The molecule has 1 aromatic rings. The van der Waals surface area contributed by atoms with Crippen LogP contribution in [0.4, 0.5) is 0 Å². The number of benzene rings is 1. The summed E-state index contributed by atoms with van der Waals surface area (Å²) in [6.45, 7) is 5.66. The zero-order valence-corrected chi connectivity index (χ0v) is 13.1. The molecule has 0 fully saturated rings. The first-order chi connectivity index (χ1) is 9.08. The standard InChI is InChI=1S/C15H21BrO3/c1-10(2)4-5-13(17)11-8-14-15(9-12(11)16)19-7-3-6-18-14/h8-10,13,17H,3-7H2,1-2H3. The fourth-order valence-corrected chi connectivity index (χ4v) is 2.69. The van der Waals surface area contributed by atoms with Gasteiger partial charge in [0.2, 0.25) is 0 Å². The summed E-state index contributed by atoms with van der Waals surface area (Å²) >= 11 is 3.51. The highest BCUT2D eigenvalue weighted by Crippen LogP contribution is 2.38. The molecular formula is C15H21BrO3. The quantitative estimate of drug-likeness (QED) is 0.905. The zero-order chi connectivity index (χ0) is 13.8. The Morgan fingerprint density at radius 2 is 1.79 bits per heavy atom. The van der Waals surface area contributed by atoms with Crippen molar-refractivity contribution in [3.05, 3.63) is 22.2 Å². The van der Waals surface area contributed by atoms with Gasteiger partial charge in [-0.1, -0.05) is 29.8 Å². The second-order valence-corrected chi connectivity index (χ2v) is 6.21. The minimum absolute atomic E-state index is 0.464. The number of halogens is 1. The van der Waals surface area contributed by atoms with Gasteiger partial charge in [0.05, 0.1) is 19.3 Å². The molecule has 1 atom stereocenters. The summed E-state index contributed by atoms with van der Waals surface area (Å²) in [5.74, 6) is 2.08. The van der Waals surface area contributed by atoms with Crippen molar-refractivity contribution in [1.82, 2.24) is 0 Å². The third-order valence-electron chi connectivity index (χ3n) is 3.24. The third kappa shape index (κ3) is 3.86. The van der Waals surface area contributed by atoms with Crippen LogP contribution in [0.15, 0.2) is 16.6 Å². The van der Waals surface area contributed by atoms with Crippen LogP contribution in [0, 0.1) is 5.92 Å². The molecule has 1 aromatic carbocycles. The van der Waals surface area contributed by atoms with Gasteiger partial charge < -0.3 is 14.6 Å². The van der Waals surface area contributed by atoms with E-state index in [4.69, 9.17) is 9.47 Å². The molecule has 0 saturated heterocycles. The van der Waals surface area contributed by atoms with E-state index < -0.39 is 6.10 Å². The normalized spacial score (nSPS) is 16.3. The number of hydrogen-bond donors (Lipinski definition) is 1. The maximum atomic E-state index is 10.3. The molecule has 1 heterocycles. The van der Waals surface area contributed by atoms with Crippen LogP contribution < -0.4 is 9.47 Å². The van der Waals surface area contributed by atoms with Crippen molar-refractivity contribution in [1.29, 1.82) is 0 Å². The largest absolute Gasteiger partial charge is 0.490 e. The molecule has 19 heavy (non-hydrogen) atoms. The van der Waals surface area contributed by atoms with Crippen molar-refractivity contribution in [2.45, 2.75) is 39.2 Å².